The standard InChI is InChI=1S/C47H58ClN10O7P/c1-64-40-27-32(13-14-36(40)52-47-50-28-35(48)44(54-47)51-37-10-4-5-12-41(37)66(2,3)63)56-20-17-31(18-21-56)57-24-22-55(23-25-57)30-43(60)49-19-6-7-26-65-39-11-8-9-33-34(39)29-58(46(33)62)38-15-16-42(59)53-45(38)61/h4-5,8-14,27-28,31,38H,6-7,15-26,29-30H2,1-3H3,(H,49,60)(H,53,59,61)(H2,50,51,52,54). The largest absolute Gasteiger partial charge is 0.494 e. The third-order valence-electron chi connectivity index (χ3n) is 12.7. The van der Waals surface area contributed by atoms with Crippen molar-refractivity contribution in [3.63, 3.8) is 0 Å². The third-order valence-corrected chi connectivity index (χ3v) is 14.5. The number of anilines is 5. The van der Waals surface area contributed by atoms with Crippen LogP contribution in [-0.2, 0) is 25.5 Å². The summed E-state index contributed by atoms with van der Waals surface area (Å²) in [6.45, 7) is 10.5. The maximum Gasteiger partial charge on any atom is 0.255 e. The van der Waals surface area contributed by atoms with E-state index >= 15 is 0 Å². The number of halogens is 1. The molecule has 5 heterocycles. The smallest absolute Gasteiger partial charge is 0.255 e. The van der Waals surface area contributed by atoms with E-state index in [9.17, 15) is 23.7 Å². The van der Waals surface area contributed by atoms with E-state index in [-0.39, 0.29) is 30.7 Å². The van der Waals surface area contributed by atoms with Crippen LogP contribution in [0, 0.1) is 0 Å². The van der Waals surface area contributed by atoms with Crippen molar-refractivity contribution in [3.05, 3.63) is 83.0 Å². The van der Waals surface area contributed by atoms with Gasteiger partial charge in [-0.2, -0.15) is 4.98 Å². The molecule has 1 atom stereocenters. The Hall–Kier alpha value is -5.74. The van der Waals surface area contributed by atoms with Crippen molar-refractivity contribution in [2.45, 2.75) is 57.2 Å². The molecule has 17 nitrogen and oxygen atoms in total. The molecule has 66 heavy (non-hydrogen) atoms. The van der Waals surface area contributed by atoms with E-state index in [1.54, 1.807) is 32.6 Å². The van der Waals surface area contributed by atoms with Crippen LogP contribution in [0.5, 0.6) is 11.5 Å². The van der Waals surface area contributed by atoms with E-state index in [1.807, 2.05) is 42.5 Å². The molecule has 3 aromatic carbocycles. The van der Waals surface area contributed by atoms with Gasteiger partial charge in [-0.05, 0) is 81.8 Å². The molecule has 4 N–H and O–H groups in total. The summed E-state index contributed by atoms with van der Waals surface area (Å²) < 4.78 is 24.8. The van der Waals surface area contributed by atoms with Gasteiger partial charge in [0, 0.05) is 86.5 Å². The molecule has 19 heteroatoms. The average molecular weight is 941 g/mol. The lowest BCUT2D eigenvalue weighted by atomic mass is 10.0. The average Bonchev–Trinajstić information content (AvgIpc) is 3.64. The number of carbonyl (C=O) groups is 4. The summed E-state index contributed by atoms with van der Waals surface area (Å²) in [5.74, 6) is 1.05. The highest BCUT2D eigenvalue weighted by molar-refractivity contribution is 7.70. The fourth-order valence-electron chi connectivity index (χ4n) is 9.16. The number of methoxy groups -OCH3 is 1. The van der Waals surface area contributed by atoms with E-state index in [4.69, 9.17) is 21.1 Å². The Kier molecular flexibility index (Phi) is 14.8. The molecule has 0 radical (unpaired) electrons. The zero-order valence-corrected chi connectivity index (χ0v) is 39.3. The second-order valence-electron chi connectivity index (χ2n) is 17.5. The van der Waals surface area contributed by atoms with Gasteiger partial charge in [-0.25, -0.2) is 4.98 Å². The Labute approximate surface area is 390 Å². The van der Waals surface area contributed by atoms with Gasteiger partial charge in [-0.15, -0.1) is 0 Å². The fourth-order valence-corrected chi connectivity index (χ4v) is 10.4. The van der Waals surface area contributed by atoms with Gasteiger partial charge in [0.2, 0.25) is 23.7 Å². The number of fused-ring (bicyclic) bond motifs is 1. The summed E-state index contributed by atoms with van der Waals surface area (Å²) in [5.41, 5.74) is 3.75. The van der Waals surface area contributed by atoms with Crippen molar-refractivity contribution in [2.75, 3.05) is 94.9 Å². The summed E-state index contributed by atoms with van der Waals surface area (Å²) in [5, 5.41) is 13.0. The van der Waals surface area contributed by atoms with Crippen LogP contribution in [0.15, 0.2) is 66.9 Å². The number of unbranched alkanes of at least 4 members (excludes halogenated alkanes) is 1. The molecule has 0 saturated carbocycles. The van der Waals surface area contributed by atoms with Crippen LogP contribution >= 0.6 is 18.7 Å². The first kappa shape index (κ1) is 46.8. The van der Waals surface area contributed by atoms with Crippen molar-refractivity contribution < 1.29 is 33.2 Å². The first-order valence-corrected chi connectivity index (χ1v) is 25.6. The monoisotopic (exact) mass is 940 g/mol. The highest BCUT2D eigenvalue weighted by atomic mass is 35.5. The Balaban J connectivity index is 0.730. The molecule has 0 bridgehead atoms. The van der Waals surface area contributed by atoms with E-state index in [0.717, 1.165) is 76.2 Å². The van der Waals surface area contributed by atoms with E-state index in [2.05, 4.69) is 52.0 Å². The zero-order valence-electron chi connectivity index (χ0n) is 37.7. The molecule has 3 fully saturated rings. The van der Waals surface area contributed by atoms with Gasteiger partial charge in [0.1, 0.15) is 29.7 Å². The van der Waals surface area contributed by atoms with Crippen LogP contribution in [-0.4, -0.2) is 140 Å². The molecule has 350 valence electrons. The number of piperidine rings is 2. The lowest BCUT2D eigenvalue weighted by molar-refractivity contribution is -0.137. The zero-order chi connectivity index (χ0) is 46.4. The number of piperazine rings is 1. The SMILES string of the molecule is COc1cc(N2CCC(N3CCN(CC(=O)NCCCCOc4cccc5c4CN(C4CCC(=O)NC4=O)C5=O)CC3)CC2)ccc1Nc1ncc(Cl)c(Nc2ccccc2P(C)(C)=O)n1. The van der Waals surface area contributed by atoms with Crippen molar-refractivity contribution in [3.8, 4) is 11.5 Å². The second kappa shape index (κ2) is 20.8. The topological polar surface area (TPSA) is 191 Å². The minimum atomic E-state index is -2.56. The van der Waals surface area contributed by atoms with Crippen LogP contribution in [0.1, 0.15) is 54.4 Å². The molecule has 0 aliphatic carbocycles. The highest BCUT2D eigenvalue weighted by Gasteiger charge is 2.40. The van der Waals surface area contributed by atoms with Gasteiger partial charge in [0.05, 0.1) is 44.4 Å². The molecular formula is C47H58ClN10O7P. The number of hydrogen-bond acceptors (Lipinski definition) is 14. The van der Waals surface area contributed by atoms with Crippen LogP contribution in [0.4, 0.5) is 28.8 Å². The Morgan fingerprint density at radius 3 is 2.45 bits per heavy atom. The minimum Gasteiger partial charge on any atom is -0.494 e. The van der Waals surface area contributed by atoms with Crippen molar-refractivity contribution in [1.29, 1.82) is 0 Å². The minimum absolute atomic E-state index is 0.0215. The molecule has 4 aliphatic heterocycles. The molecule has 1 aromatic heterocycles. The second-order valence-corrected chi connectivity index (χ2v) is 21.1. The van der Waals surface area contributed by atoms with Crippen molar-refractivity contribution in [2.24, 2.45) is 0 Å². The molecular weight excluding hydrogens is 883 g/mol. The first-order chi connectivity index (χ1) is 31.8. The lowest BCUT2D eigenvalue weighted by Crippen LogP contribution is -2.54. The number of benzene rings is 3. The fraction of sp³-hybridized carbons (Fsp3) is 0.447. The number of aromatic nitrogens is 2. The summed E-state index contributed by atoms with van der Waals surface area (Å²) in [7, 11) is -0.914. The van der Waals surface area contributed by atoms with Gasteiger partial charge >= 0.3 is 0 Å². The first-order valence-electron chi connectivity index (χ1n) is 22.6. The highest BCUT2D eigenvalue weighted by Crippen LogP contribution is 2.39. The molecule has 4 aliphatic rings. The van der Waals surface area contributed by atoms with Crippen molar-refractivity contribution in [1.82, 2.24) is 35.3 Å². The van der Waals surface area contributed by atoms with Gasteiger partial charge in [0.25, 0.3) is 5.91 Å². The van der Waals surface area contributed by atoms with Gasteiger partial charge in [0.15, 0.2) is 5.82 Å². The lowest BCUT2D eigenvalue weighted by Gasteiger charge is -2.43. The Bertz CT molecular complexity index is 2490. The van der Waals surface area contributed by atoms with Gasteiger partial charge in [-0.3, -0.25) is 34.3 Å². The van der Waals surface area contributed by atoms with Gasteiger partial charge < -0.3 is 39.8 Å². The van der Waals surface area contributed by atoms with Crippen LogP contribution < -0.4 is 40.9 Å². The Morgan fingerprint density at radius 2 is 1.70 bits per heavy atom. The normalized spacial score (nSPS) is 18.5. The van der Waals surface area contributed by atoms with Crippen LogP contribution in [0.2, 0.25) is 5.02 Å². The number of nitrogens with zero attached hydrogens (tertiary/aromatic N) is 6. The quantitative estimate of drug-likeness (QED) is 0.0614. The van der Waals surface area contributed by atoms with Crippen LogP contribution in [0.25, 0.3) is 0 Å². The summed E-state index contributed by atoms with van der Waals surface area (Å²) >= 11 is 6.48. The molecule has 0 spiro atoms. The number of nitrogens with one attached hydrogen (secondary N) is 4. The number of para-hydroxylation sites is 1. The Morgan fingerprint density at radius 1 is 0.909 bits per heavy atom. The van der Waals surface area contributed by atoms with Gasteiger partial charge in [-0.1, -0.05) is 29.8 Å². The molecule has 4 aromatic rings. The predicted octanol–water partition coefficient (Wildman–Crippen LogP) is 5.20. The number of ether oxygens (including phenoxy) is 2. The maximum atomic E-state index is 13.1. The van der Waals surface area contributed by atoms with Crippen LogP contribution in [0.3, 0.4) is 0 Å². The number of hydrogen-bond donors (Lipinski definition) is 4. The number of rotatable bonds is 17. The molecule has 8 rings (SSSR count). The summed E-state index contributed by atoms with van der Waals surface area (Å²) in [6, 6.07) is 18.7. The molecule has 4 amide bonds. The summed E-state index contributed by atoms with van der Waals surface area (Å²) in [6.07, 6.45) is 5.61. The van der Waals surface area contributed by atoms with E-state index < -0.39 is 19.1 Å². The van der Waals surface area contributed by atoms with Crippen molar-refractivity contribution >= 4 is 76.5 Å². The number of imide groups is 1. The maximum absolute atomic E-state index is 13.1. The number of carbonyl (C=O) groups excluding carboxylic acids is 4. The molecule has 3 saturated heterocycles. The van der Waals surface area contributed by atoms with E-state index in [0.29, 0.717) is 82.7 Å². The van der Waals surface area contributed by atoms with E-state index in [1.165, 1.54) is 11.1 Å². The molecule has 1 unspecified atom stereocenters. The summed E-state index contributed by atoms with van der Waals surface area (Å²) in [4.78, 5) is 67.7. The number of amides is 4. The third kappa shape index (κ3) is 11.1. The predicted molar refractivity (Wildman–Crippen MR) is 256 cm³/mol.